The van der Waals surface area contributed by atoms with Gasteiger partial charge < -0.3 is 4.42 Å². The van der Waals surface area contributed by atoms with E-state index in [4.69, 9.17) is 34.3 Å². The highest BCUT2D eigenvalue weighted by Gasteiger charge is 2.22. The van der Waals surface area contributed by atoms with Gasteiger partial charge in [0.2, 0.25) is 11.8 Å². The lowest BCUT2D eigenvalue weighted by molar-refractivity contribution is 0.617. The maximum Gasteiger partial charge on any atom is 0.247 e. The number of rotatable bonds is 3. The fourth-order valence-electron chi connectivity index (χ4n) is 7.14. The van der Waals surface area contributed by atoms with Crippen LogP contribution in [0.15, 0.2) is 138 Å². The summed E-state index contributed by atoms with van der Waals surface area (Å²) in [6.07, 6.45) is 3.61. The van der Waals surface area contributed by atoms with E-state index in [2.05, 4.69) is 59.2 Å². The first-order valence-electron chi connectivity index (χ1n) is 16.0. The highest BCUT2D eigenvalue weighted by atomic mass is 16.3. The molecule has 49 heavy (non-hydrogen) atoms. The van der Waals surface area contributed by atoms with Crippen LogP contribution in [0.3, 0.4) is 0 Å². The average Bonchev–Trinajstić information content (AvgIpc) is 3.84. The predicted octanol–water partition coefficient (Wildman–Crippen LogP) is 8.97. The Labute approximate surface area is 276 Å². The summed E-state index contributed by atoms with van der Waals surface area (Å²) >= 11 is 0. The molecule has 0 atom stereocenters. The molecule has 11 aromatic rings. The van der Waals surface area contributed by atoms with E-state index < -0.39 is 0 Å². The molecule has 7 heterocycles. The molecule has 9 nitrogen and oxygen atoms in total. The van der Waals surface area contributed by atoms with E-state index in [1.807, 2.05) is 77.5 Å². The van der Waals surface area contributed by atoms with Crippen LogP contribution < -0.4 is 0 Å². The van der Waals surface area contributed by atoms with Crippen molar-refractivity contribution in [2.24, 2.45) is 0 Å². The summed E-state index contributed by atoms with van der Waals surface area (Å²) in [6.45, 7) is 0. The molecule has 0 fully saturated rings. The van der Waals surface area contributed by atoms with Crippen molar-refractivity contribution in [3.63, 3.8) is 0 Å². The summed E-state index contributed by atoms with van der Waals surface area (Å²) in [7, 11) is 0. The Kier molecular flexibility index (Phi) is 5.20. The van der Waals surface area contributed by atoms with E-state index in [0.717, 1.165) is 71.5 Å². The molecule has 0 saturated heterocycles. The van der Waals surface area contributed by atoms with Gasteiger partial charge in [0.25, 0.3) is 0 Å². The van der Waals surface area contributed by atoms with Gasteiger partial charge in [-0.15, -0.1) is 0 Å². The molecule has 9 heteroatoms. The number of nitrogens with zero attached hydrogens (tertiary/aromatic N) is 8. The molecule has 7 aromatic heterocycles. The number of aromatic nitrogens is 8. The molecular weight excluding hydrogens is 608 g/mol. The van der Waals surface area contributed by atoms with Crippen molar-refractivity contribution in [3.05, 3.63) is 134 Å². The Hall–Kier alpha value is -7.00. The second kappa shape index (κ2) is 9.76. The second-order valence-corrected chi connectivity index (χ2v) is 12.0. The van der Waals surface area contributed by atoms with Crippen LogP contribution in [0.4, 0.5) is 0 Å². The molecule has 0 N–H and O–H groups in total. The van der Waals surface area contributed by atoms with Crippen LogP contribution in [0.25, 0.3) is 100 Å². The largest absolute Gasteiger partial charge is 0.435 e. The van der Waals surface area contributed by atoms with Crippen molar-refractivity contribution >= 4 is 76.8 Å². The van der Waals surface area contributed by atoms with Gasteiger partial charge in [-0.05, 0) is 66.7 Å². The summed E-state index contributed by atoms with van der Waals surface area (Å²) in [5, 5.41) is 5.99. The van der Waals surface area contributed by atoms with Gasteiger partial charge in [0.1, 0.15) is 33.8 Å². The lowest BCUT2D eigenvalue weighted by atomic mass is 10.1. The Morgan fingerprint density at radius 1 is 0.469 bits per heavy atom. The Morgan fingerprint density at radius 3 is 1.90 bits per heavy atom. The molecule has 11 rings (SSSR count). The van der Waals surface area contributed by atoms with Crippen LogP contribution in [0, 0.1) is 0 Å². The monoisotopic (exact) mass is 630 g/mol. The van der Waals surface area contributed by atoms with Crippen molar-refractivity contribution < 1.29 is 4.42 Å². The number of hydrogen-bond donors (Lipinski definition) is 0. The van der Waals surface area contributed by atoms with Crippen LogP contribution in [0.1, 0.15) is 0 Å². The predicted molar refractivity (Wildman–Crippen MR) is 192 cm³/mol. The highest BCUT2D eigenvalue weighted by Crippen LogP contribution is 2.36. The molecule has 0 saturated carbocycles. The molecule has 0 unspecified atom stereocenters. The Balaban J connectivity index is 1.27. The number of oxazole rings is 1. The first-order chi connectivity index (χ1) is 24.3. The fourth-order valence-corrected chi connectivity index (χ4v) is 7.14. The van der Waals surface area contributed by atoms with Gasteiger partial charge in [0.05, 0.1) is 16.6 Å². The summed E-state index contributed by atoms with van der Waals surface area (Å²) in [5.74, 6) is 1.60. The van der Waals surface area contributed by atoms with Crippen molar-refractivity contribution in [1.82, 2.24) is 39.0 Å². The number of pyridine rings is 3. The minimum Gasteiger partial charge on any atom is -0.435 e. The number of fused-ring (bicyclic) bond motifs is 10. The zero-order chi connectivity index (χ0) is 32.1. The molecular formula is C40H22N8O. The molecule has 0 bridgehead atoms. The molecule has 0 aliphatic carbocycles. The first-order valence-corrected chi connectivity index (χ1v) is 16.0. The van der Waals surface area contributed by atoms with Crippen molar-refractivity contribution in [1.29, 1.82) is 0 Å². The van der Waals surface area contributed by atoms with Gasteiger partial charge in [0, 0.05) is 44.7 Å². The third-order valence-corrected chi connectivity index (χ3v) is 9.29. The van der Waals surface area contributed by atoms with Crippen LogP contribution in [0.2, 0.25) is 0 Å². The highest BCUT2D eigenvalue weighted by molar-refractivity contribution is 6.11. The van der Waals surface area contributed by atoms with Crippen LogP contribution >= 0.6 is 0 Å². The molecule has 0 radical (unpaired) electrons. The SMILES string of the molecule is c1ccc2oc(-c3nc(-n4c5ccccc5c5cccnc54)nc4c3ccc3ccc(-n5c6ccccc6c6cccnc65)nc34)nc2c1. The van der Waals surface area contributed by atoms with Crippen LogP contribution in [0.5, 0.6) is 0 Å². The molecule has 0 spiro atoms. The maximum atomic E-state index is 6.34. The van der Waals surface area contributed by atoms with Gasteiger partial charge in [-0.2, -0.15) is 0 Å². The van der Waals surface area contributed by atoms with Gasteiger partial charge in [-0.3, -0.25) is 9.13 Å². The van der Waals surface area contributed by atoms with Gasteiger partial charge >= 0.3 is 0 Å². The maximum absolute atomic E-state index is 6.34. The van der Waals surface area contributed by atoms with Crippen molar-refractivity contribution in [2.45, 2.75) is 0 Å². The lowest BCUT2D eigenvalue weighted by Gasteiger charge is -2.12. The normalized spacial score (nSPS) is 12.1. The van der Waals surface area contributed by atoms with Crippen LogP contribution in [-0.2, 0) is 0 Å². The van der Waals surface area contributed by atoms with E-state index >= 15 is 0 Å². The van der Waals surface area contributed by atoms with E-state index in [9.17, 15) is 0 Å². The van der Waals surface area contributed by atoms with Gasteiger partial charge in [-0.1, -0.05) is 54.6 Å². The Bertz CT molecular complexity index is 3000. The number of para-hydroxylation sites is 4. The molecule has 0 aliphatic rings. The summed E-state index contributed by atoms with van der Waals surface area (Å²) in [4.78, 5) is 30.3. The van der Waals surface area contributed by atoms with Gasteiger partial charge in [0.15, 0.2) is 5.58 Å². The third kappa shape index (κ3) is 3.69. The molecule has 4 aromatic carbocycles. The molecule has 228 valence electrons. The summed E-state index contributed by atoms with van der Waals surface area (Å²) < 4.78 is 10.5. The fraction of sp³-hybridized carbons (Fsp3) is 0. The summed E-state index contributed by atoms with van der Waals surface area (Å²) in [6, 6.07) is 40.6. The quantitative estimate of drug-likeness (QED) is 0.180. The first kappa shape index (κ1) is 26.1. The number of benzene rings is 4. The number of hydrogen-bond acceptors (Lipinski definition) is 7. The van der Waals surface area contributed by atoms with E-state index in [1.165, 1.54) is 0 Å². The second-order valence-electron chi connectivity index (χ2n) is 12.0. The van der Waals surface area contributed by atoms with E-state index in [1.54, 1.807) is 6.20 Å². The minimum absolute atomic E-state index is 0.408. The van der Waals surface area contributed by atoms with Crippen LogP contribution in [-0.4, -0.2) is 39.0 Å². The topological polar surface area (TPSA) is 100 Å². The van der Waals surface area contributed by atoms with Crippen molar-refractivity contribution in [3.8, 4) is 23.4 Å². The zero-order valence-electron chi connectivity index (χ0n) is 25.7. The average molecular weight is 631 g/mol. The molecule has 0 amide bonds. The van der Waals surface area contributed by atoms with Crippen molar-refractivity contribution in [2.75, 3.05) is 0 Å². The standard InChI is InChI=1S/C40H22N8O/c1-4-14-30-24(9-1)26-11-7-21-41-37(26)47(30)33-20-18-23-17-19-28-35(34(23)44-33)45-40(46-36(28)39-43-29-13-3-6-16-32(29)49-39)48-31-15-5-2-10-25(31)27-12-8-22-42-38(27)48/h1-22H. The lowest BCUT2D eigenvalue weighted by Crippen LogP contribution is -2.05. The van der Waals surface area contributed by atoms with E-state index in [0.29, 0.717) is 28.6 Å². The Morgan fingerprint density at radius 2 is 1.12 bits per heavy atom. The third-order valence-electron chi connectivity index (χ3n) is 9.29. The van der Waals surface area contributed by atoms with Gasteiger partial charge in [-0.25, -0.2) is 29.9 Å². The molecule has 0 aliphatic heterocycles. The summed E-state index contributed by atoms with van der Waals surface area (Å²) in [5.41, 5.74) is 7.00. The zero-order valence-corrected chi connectivity index (χ0v) is 25.7. The smallest absolute Gasteiger partial charge is 0.247 e. The van der Waals surface area contributed by atoms with E-state index in [-0.39, 0.29) is 0 Å². The minimum atomic E-state index is 0.408.